The lowest BCUT2D eigenvalue weighted by atomic mass is 10.4. The Morgan fingerprint density at radius 3 is 2.93 bits per heavy atom. The van der Waals surface area contributed by atoms with Crippen molar-refractivity contribution >= 4 is 23.1 Å². The number of ether oxygens (including phenoxy) is 1. The number of rotatable bonds is 5. The van der Waals surface area contributed by atoms with Gasteiger partial charge in [0.2, 0.25) is 0 Å². The number of hydrogen-bond acceptors (Lipinski definition) is 5. The zero-order chi connectivity index (χ0) is 11.3. The van der Waals surface area contributed by atoms with E-state index in [4.69, 9.17) is 22.1 Å². The molecule has 82 valence electrons. The molecular weight excluding hydrogens is 216 g/mol. The summed E-state index contributed by atoms with van der Waals surface area (Å²) in [5.74, 6) is 0.991. The van der Waals surface area contributed by atoms with Crippen LogP contribution in [0.4, 0.5) is 11.5 Å². The summed E-state index contributed by atoms with van der Waals surface area (Å²) < 4.78 is 4.91. The Hall–Kier alpha value is -1.33. The molecular formula is C9H13ClN4O. The molecule has 3 N–H and O–H groups in total. The van der Waals surface area contributed by atoms with Crippen LogP contribution in [0, 0.1) is 0 Å². The molecule has 0 saturated carbocycles. The molecule has 0 atom stereocenters. The number of halogens is 1. The van der Waals surface area contributed by atoms with Crippen LogP contribution in [0.25, 0.3) is 0 Å². The van der Waals surface area contributed by atoms with Crippen molar-refractivity contribution in [2.45, 2.75) is 6.61 Å². The number of nitrogens with zero attached hydrogens (tertiary/aromatic N) is 2. The highest BCUT2D eigenvalue weighted by Crippen LogP contribution is 2.23. The zero-order valence-corrected chi connectivity index (χ0v) is 9.21. The van der Waals surface area contributed by atoms with Gasteiger partial charge in [-0.2, -0.15) is 0 Å². The Bertz CT molecular complexity index is 356. The van der Waals surface area contributed by atoms with Crippen molar-refractivity contribution in [3.8, 4) is 0 Å². The number of anilines is 2. The van der Waals surface area contributed by atoms with Crippen molar-refractivity contribution in [2.75, 3.05) is 24.7 Å². The minimum atomic E-state index is 0.226. The average Bonchev–Trinajstić information content (AvgIpc) is 2.21. The second kappa shape index (κ2) is 5.53. The minimum Gasteiger partial charge on any atom is -0.393 e. The maximum atomic E-state index is 5.84. The van der Waals surface area contributed by atoms with Gasteiger partial charge in [-0.25, -0.2) is 9.97 Å². The fourth-order valence-corrected chi connectivity index (χ4v) is 1.17. The van der Waals surface area contributed by atoms with Crippen LogP contribution in [-0.2, 0) is 11.3 Å². The summed E-state index contributed by atoms with van der Waals surface area (Å²) >= 11 is 5.84. The van der Waals surface area contributed by atoms with Crippen LogP contribution in [0.5, 0.6) is 0 Å². The van der Waals surface area contributed by atoms with E-state index >= 15 is 0 Å². The van der Waals surface area contributed by atoms with E-state index in [0.717, 1.165) is 0 Å². The predicted molar refractivity (Wildman–Crippen MR) is 60.9 cm³/mol. The van der Waals surface area contributed by atoms with E-state index in [0.29, 0.717) is 30.5 Å². The van der Waals surface area contributed by atoms with Gasteiger partial charge in [-0.05, 0) is 0 Å². The molecule has 0 fully saturated rings. The standard InChI is InChI=1S/C9H13ClN4O/c1-3-4-12-9-7(11)8(10)13-6(14-9)5-15-2/h3H,1,4-5,11H2,2H3,(H,12,13,14). The van der Waals surface area contributed by atoms with Crippen molar-refractivity contribution in [1.82, 2.24) is 9.97 Å². The number of nitrogen functional groups attached to an aromatic ring is 1. The van der Waals surface area contributed by atoms with Crippen molar-refractivity contribution in [1.29, 1.82) is 0 Å². The first-order valence-corrected chi connectivity index (χ1v) is 4.72. The number of nitrogens with one attached hydrogen (secondary N) is 1. The lowest BCUT2D eigenvalue weighted by molar-refractivity contribution is 0.178. The van der Waals surface area contributed by atoms with Gasteiger partial charge >= 0.3 is 0 Å². The quantitative estimate of drug-likeness (QED) is 0.590. The molecule has 0 radical (unpaired) electrons. The maximum absolute atomic E-state index is 5.84. The first-order valence-electron chi connectivity index (χ1n) is 4.34. The van der Waals surface area contributed by atoms with Gasteiger partial charge in [0.15, 0.2) is 16.8 Å². The summed E-state index contributed by atoms with van der Waals surface area (Å²) in [5.41, 5.74) is 6.03. The molecule has 0 saturated heterocycles. The molecule has 1 aromatic heterocycles. The Balaban J connectivity index is 2.95. The Kier molecular flexibility index (Phi) is 4.33. The number of nitrogens with two attached hydrogens (primary N) is 1. The first-order chi connectivity index (χ1) is 7.19. The largest absolute Gasteiger partial charge is 0.393 e. The van der Waals surface area contributed by atoms with Gasteiger partial charge in [-0.15, -0.1) is 6.58 Å². The summed E-state index contributed by atoms with van der Waals surface area (Å²) in [7, 11) is 1.56. The van der Waals surface area contributed by atoms with E-state index in [1.807, 2.05) is 0 Å². The van der Waals surface area contributed by atoms with E-state index in [9.17, 15) is 0 Å². The Morgan fingerprint density at radius 2 is 2.33 bits per heavy atom. The van der Waals surface area contributed by atoms with Gasteiger partial charge in [0.05, 0.1) is 0 Å². The molecule has 1 aromatic rings. The van der Waals surface area contributed by atoms with Crippen LogP contribution >= 0.6 is 11.6 Å². The van der Waals surface area contributed by atoms with E-state index in [1.165, 1.54) is 0 Å². The van der Waals surface area contributed by atoms with Gasteiger partial charge < -0.3 is 15.8 Å². The van der Waals surface area contributed by atoms with Crippen LogP contribution in [0.3, 0.4) is 0 Å². The SMILES string of the molecule is C=CCNc1nc(COC)nc(Cl)c1N. The van der Waals surface area contributed by atoms with E-state index in [2.05, 4.69) is 21.9 Å². The molecule has 0 spiro atoms. The van der Waals surface area contributed by atoms with Crippen LogP contribution in [0.1, 0.15) is 5.82 Å². The lowest BCUT2D eigenvalue weighted by Gasteiger charge is -2.09. The molecule has 5 nitrogen and oxygen atoms in total. The number of methoxy groups -OCH3 is 1. The molecule has 6 heteroatoms. The maximum Gasteiger partial charge on any atom is 0.158 e. The molecule has 0 aliphatic rings. The third-order valence-electron chi connectivity index (χ3n) is 1.63. The zero-order valence-electron chi connectivity index (χ0n) is 8.46. The summed E-state index contributed by atoms with van der Waals surface area (Å²) in [4.78, 5) is 8.13. The number of aromatic nitrogens is 2. The van der Waals surface area contributed by atoms with Crippen LogP contribution in [0.2, 0.25) is 5.15 Å². The average molecular weight is 229 g/mol. The third-order valence-corrected chi connectivity index (χ3v) is 1.92. The second-order valence-corrected chi connectivity index (χ2v) is 3.15. The van der Waals surface area contributed by atoms with Crippen molar-refractivity contribution < 1.29 is 4.74 Å². The molecule has 0 aromatic carbocycles. The van der Waals surface area contributed by atoms with Gasteiger partial charge in [0.25, 0.3) is 0 Å². The van der Waals surface area contributed by atoms with Crippen LogP contribution < -0.4 is 11.1 Å². The molecule has 0 bridgehead atoms. The predicted octanol–water partition coefficient (Wildman–Crippen LogP) is 1.46. The second-order valence-electron chi connectivity index (χ2n) is 2.80. The molecule has 0 aliphatic heterocycles. The summed E-state index contributed by atoms with van der Waals surface area (Å²) in [6.07, 6.45) is 1.70. The first kappa shape index (κ1) is 11.7. The third kappa shape index (κ3) is 3.07. The van der Waals surface area contributed by atoms with Crippen LogP contribution in [-0.4, -0.2) is 23.6 Å². The van der Waals surface area contributed by atoms with Gasteiger partial charge in [0.1, 0.15) is 12.3 Å². The van der Waals surface area contributed by atoms with Crippen molar-refractivity contribution in [2.24, 2.45) is 0 Å². The monoisotopic (exact) mass is 228 g/mol. The Labute approximate surface area is 93.3 Å². The highest BCUT2D eigenvalue weighted by Gasteiger charge is 2.09. The molecule has 1 heterocycles. The fraction of sp³-hybridized carbons (Fsp3) is 0.333. The van der Waals surface area contributed by atoms with E-state index < -0.39 is 0 Å². The smallest absolute Gasteiger partial charge is 0.158 e. The molecule has 15 heavy (non-hydrogen) atoms. The molecule has 0 unspecified atom stereocenters. The highest BCUT2D eigenvalue weighted by molar-refractivity contribution is 6.32. The number of hydrogen-bond donors (Lipinski definition) is 2. The van der Waals surface area contributed by atoms with Gasteiger partial charge in [-0.3, -0.25) is 0 Å². The summed E-state index contributed by atoms with van der Waals surface area (Å²) in [6, 6.07) is 0. The minimum absolute atomic E-state index is 0.226. The molecule has 1 rings (SSSR count). The summed E-state index contributed by atoms with van der Waals surface area (Å²) in [5, 5.41) is 3.19. The molecule has 0 aliphatic carbocycles. The van der Waals surface area contributed by atoms with Gasteiger partial charge in [0, 0.05) is 13.7 Å². The van der Waals surface area contributed by atoms with Crippen molar-refractivity contribution in [3.05, 3.63) is 23.6 Å². The van der Waals surface area contributed by atoms with E-state index in [1.54, 1.807) is 13.2 Å². The van der Waals surface area contributed by atoms with E-state index in [-0.39, 0.29) is 5.15 Å². The fourth-order valence-electron chi connectivity index (χ4n) is 0.983. The van der Waals surface area contributed by atoms with Crippen LogP contribution in [0.15, 0.2) is 12.7 Å². The normalized spacial score (nSPS) is 10.0. The summed E-state index contributed by atoms with van der Waals surface area (Å²) in [6.45, 7) is 4.44. The Morgan fingerprint density at radius 1 is 1.60 bits per heavy atom. The molecule has 0 amide bonds. The van der Waals surface area contributed by atoms with Crippen molar-refractivity contribution in [3.63, 3.8) is 0 Å². The highest BCUT2D eigenvalue weighted by atomic mass is 35.5. The lowest BCUT2D eigenvalue weighted by Crippen LogP contribution is -2.09. The topological polar surface area (TPSA) is 73.1 Å². The van der Waals surface area contributed by atoms with Gasteiger partial charge in [-0.1, -0.05) is 17.7 Å².